The van der Waals surface area contributed by atoms with Crippen LogP contribution in [0.15, 0.2) is 72.9 Å². The Hall–Kier alpha value is -4.96. The number of rotatable bonds is 8. The quantitative estimate of drug-likeness (QED) is 0.194. The maximum Gasteiger partial charge on any atom is 0.337 e. The standard InChI is InChI=1S/C28H23ClN6O4/c1-39-28(38)17-7-9-20(10-8-17)32-22(36)11-12-30-26-27(37)34-25(24(33-26)16-5-3-2-4-6-16)18-13-19-15-31-35-23(19)21(29)14-18/h2-10,13-15H,11-12H2,1H3,(H,30,33)(H,31,35)(H,32,36)(H,34,37). The molecule has 10 nitrogen and oxygen atoms in total. The van der Waals surface area contributed by atoms with Crippen molar-refractivity contribution >= 4 is 45.9 Å². The van der Waals surface area contributed by atoms with E-state index in [1.54, 1.807) is 36.5 Å². The largest absolute Gasteiger partial charge is 0.491 e. The van der Waals surface area contributed by atoms with E-state index in [2.05, 4.69) is 35.5 Å². The molecule has 0 bridgehead atoms. The highest BCUT2D eigenvalue weighted by molar-refractivity contribution is 6.35. The molecule has 0 saturated carbocycles. The number of fused-ring (bicyclic) bond motifs is 1. The third-order valence-corrected chi connectivity index (χ3v) is 6.23. The summed E-state index contributed by atoms with van der Waals surface area (Å²) in [5.74, 6) is -0.886. The number of ether oxygens (including phenoxy) is 1. The van der Waals surface area contributed by atoms with E-state index in [9.17, 15) is 14.7 Å². The minimum atomic E-state index is -0.455. The van der Waals surface area contributed by atoms with Crippen molar-refractivity contribution in [2.24, 2.45) is 0 Å². The fourth-order valence-electron chi connectivity index (χ4n) is 4.02. The fourth-order valence-corrected chi connectivity index (χ4v) is 4.29. The molecule has 2 aromatic heterocycles. The average molecular weight is 543 g/mol. The molecule has 0 spiro atoms. The van der Waals surface area contributed by atoms with Gasteiger partial charge in [-0.25, -0.2) is 14.8 Å². The number of nitrogens with zero attached hydrogens (tertiary/aromatic N) is 3. The van der Waals surface area contributed by atoms with Gasteiger partial charge in [-0.1, -0.05) is 41.9 Å². The van der Waals surface area contributed by atoms with Crippen LogP contribution in [-0.4, -0.2) is 50.8 Å². The van der Waals surface area contributed by atoms with Gasteiger partial charge in [0.2, 0.25) is 5.91 Å². The molecule has 0 aliphatic heterocycles. The third kappa shape index (κ3) is 5.65. The number of H-pyrrole nitrogens is 1. The van der Waals surface area contributed by atoms with E-state index in [0.717, 1.165) is 10.9 Å². The van der Waals surface area contributed by atoms with Crippen molar-refractivity contribution < 1.29 is 19.4 Å². The van der Waals surface area contributed by atoms with Gasteiger partial charge in [-0.15, -0.1) is 0 Å². The van der Waals surface area contributed by atoms with Crippen LogP contribution in [0.3, 0.4) is 0 Å². The fraction of sp³-hybridized carbons (Fsp3) is 0.107. The summed E-state index contributed by atoms with van der Waals surface area (Å²) in [5.41, 5.74) is 4.07. The highest BCUT2D eigenvalue weighted by atomic mass is 35.5. The van der Waals surface area contributed by atoms with Crippen molar-refractivity contribution in [2.45, 2.75) is 6.42 Å². The van der Waals surface area contributed by atoms with Crippen molar-refractivity contribution in [3.8, 4) is 28.4 Å². The van der Waals surface area contributed by atoms with E-state index in [0.29, 0.717) is 38.7 Å². The molecule has 196 valence electrons. The zero-order chi connectivity index (χ0) is 27.4. The van der Waals surface area contributed by atoms with Crippen LogP contribution < -0.4 is 10.6 Å². The first-order chi connectivity index (χ1) is 18.9. The van der Waals surface area contributed by atoms with Crippen LogP contribution in [0.1, 0.15) is 16.8 Å². The molecule has 39 heavy (non-hydrogen) atoms. The maximum absolute atomic E-state index is 12.4. The number of amides is 1. The Morgan fingerprint density at radius 3 is 2.49 bits per heavy atom. The summed E-state index contributed by atoms with van der Waals surface area (Å²) < 4.78 is 4.67. The Morgan fingerprint density at radius 2 is 1.74 bits per heavy atom. The molecule has 1 amide bonds. The van der Waals surface area contributed by atoms with Gasteiger partial charge >= 0.3 is 5.97 Å². The van der Waals surface area contributed by atoms with E-state index in [4.69, 9.17) is 11.6 Å². The maximum atomic E-state index is 12.4. The molecular weight excluding hydrogens is 520 g/mol. The lowest BCUT2D eigenvalue weighted by atomic mass is 10.0. The van der Waals surface area contributed by atoms with Gasteiger partial charge < -0.3 is 20.5 Å². The van der Waals surface area contributed by atoms with Crippen LogP contribution in [0.2, 0.25) is 5.02 Å². The smallest absolute Gasteiger partial charge is 0.337 e. The number of anilines is 2. The highest BCUT2D eigenvalue weighted by Gasteiger charge is 2.18. The van der Waals surface area contributed by atoms with Gasteiger partial charge in [0.15, 0.2) is 5.82 Å². The van der Waals surface area contributed by atoms with Crippen molar-refractivity contribution in [3.63, 3.8) is 0 Å². The number of aromatic nitrogens is 4. The minimum absolute atomic E-state index is 0.0923. The second-order valence-electron chi connectivity index (χ2n) is 8.55. The van der Waals surface area contributed by atoms with Crippen LogP contribution in [-0.2, 0) is 9.53 Å². The topological polar surface area (TPSA) is 142 Å². The molecule has 5 aromatic rings. The Balaban J connectivity index is 1.34. The summed E-state index contributed by atoms with van der Waals surface area (Å²) in [6, 6.07) is 19.4. The Kier molecular flexibility index (Phi) is 7.37. The molecule has 0 aliphatic rings. The molecular formula is C28H23ClN6O4. The highest BCUT2D eigenvalue weighted by Crippen LogP contribution is 2.36. The molecule has 4 N–H and O–H groups in total. The number of carbonyl (C=O) groups is 2. The zero-order valence-electron chi connectivity index (χ0n) is 20.7. The summed E-state index contributed by atoms with van der Waals surface area (Å²) >= 11 is 6.45. The Morgan fingerprint density at radius 1 is 1.00 bits per heavy atom. The van der Waals surface area contributed by atoms with Crippen LogP contribution in [0.25, 0.3) is 33.4 Å². The number of hydrogen-bond acceptors (Lipinski definition) is 8. The summed E-state index contributed by atoms with van der Waals surface area (Å²) in [6.07, 6.45) is 1.75. The molecule has 0 atom stereocenters. The summed E-state index contributed by atoms with van der Waals surface area (Å²) in [6.45, 7) is 0.189. The molecule has 0 radical (unpaired) electrons. The van der Waals surface area contributed by atoms with E-state index in [1.165, 1.54) is 7.11 Å². The van der Waals surface area contributed by atoms with Gasteiger partial charge in [-0.3, -0.25) is 9.89 Å². The molecule has 2 heterocycles. The van der Waals surface area contributed by atoms with Crippen LogP contribution in [0.4, 0.5) is 11.5 Å². The molecule has 0 fully saturated rings. The lowest BCUT2D eigenvalue weighted by Gasteiger charge is -2.14. The summed E-state index contributed by atoms with van der Waals surface area (Å²) in [7, 11) is 1.30. The number of methoxy groups -OCH3 is 1. The first-order valence-corrected chi connectivity index (χ1v) is 12.3. The zero-order valence-corrected chi connectivity index (χ0v) is 21.5. The van der Waals surface area contributed by atoms with Crippen molar-refractivity contribution in [1.82, 2.24) is 20.2 Å². The second-order valence-corrected chi connectivity index (χ2v) is 8.95. The lowest BCUT2D eigenvalue weighted by Crippen LogP contribution is -2.17. The molecule has 5 rings (SSSR count). The number of benzene rings is 3. The first kappa shape index (κ1) is 25.7. The van der Waals surface area contributed by atoms with Crippen LogP contribution >= 0.6 is 11.6 Å². The predicted octanol–water partition coefficient (Wildman–Crippen LogP) is 5.27. The Bertz CT molecular complexity index is 1650. The number of halogens is 1. The number of hydrogen-bond donors (Lipinski definition) is 4. The Labute approximate surface area is 228 Å². The normalized spacial score (nSPS) is 10.8. The minimum Gasteiger partial charge on any atom is -0.491 e. The molecule has 0 saturated heterocycles. The van der Waals surface area contributed by atoms with Gasteiger partial charge in [-0.2, -0.15) is 5.10 Å². The van der Waals surface area contributed by atoms with Crippen LogP contribution in [0, 0.1) is 0 Å². The number of aromatic amines is 1. The number of carbonyl (C=O) groups excluding carboxylic acids is 2. The van der Waals surface area contributed by atoms with Crippen molar-refractivity contribution in [1.29, 1.82) is 0 Å². The van der Waals surface area contributed by atoms with Gasteiger partial charge in [0.25, 0.3) is 5.88 Å². The first-order valence-electron chi connectivity index (χ1n) is 11.9. The summed E-state index contributed by atoms with van der Waals surface area (Å²) in [4.78, 5) is 33.1. The third-order valence-electron chi connectivity index (χ3n) is 5.93. The van der Waals surface area contributed by atoms with Gasteiger partial charge in [0.1, 0.15) is 5.69 Å². The molecule has 3 aromatic carbocycles. The van der Waals surface area contributed by atoms with Crippen molar-refractivity contribution in [2.75, 3.05) is 24.3 Å². The number of aromatic hydroxyl groups is 1. The van der Waals surface area contributed by atoms with Gasteiger partial charge in [0, 0.05) is 35.2 Å². The van der Waals surface area contributed by atoms with E-state index >= 15 is 0 Å². The van der Waals surface area contributed by atoms with Crippen LogP contribution in [0.5, 0.6) is 5.88 Å². The van der Waals surface area contributed by atoms with E-state index in [1.807, 2.05) is 36.4 Å². The number of nitrogens with one attached hydrogen (secondary N) is 3. The lowest BCUT2D eigenvalue weighted by molar-refractivity contribution is -0.115. The van der Waals surface area contributed by atoms with Gasteiger partial charge in [0.05, 0.1) is 35.1 Å². The number of esters is 1. The predicted molar refractivity (Wildman–Crippen MR) is 149 cm³/mol. The summed E-state index contributed by atoms with van der Waals surface area (Å²) in [5, 5.41) is 24.7. The average Bonchev–Trinajstić information content (AvgIpc) is 3.44. The van der Waals surface area contributed by atoms with E-state index in [-0.39, 0.29) is 30.6 Å². The van der Waals surface area contributed by atoms with Crippen molar-refractivity contribution in [3.05, 3.63) is 83.5 Å². The van der Waals surface area contributed by atoms with Gasteiger partial charge in [-0.05, 0) is 36.4 Å². The molecule has 11 heteroatoms. The monoisotopic (exact) mass is 542 g/mol. The molecule has 0 unspecified atom stereocenters. The SMILES string of the molecule is COC(=O)c1ccc(NC(=O)CCNc2nc(-c3ccccc3)c(-c3cc(Cl)c4[nH]ncc4c3)nc2O)cc1. The van der Waals surface area contributed by atoms with E-state index < -0.39 is 5.97 Å². The second kappa shape index (κ2) is 11.2. The molecule has 0 aliphatic carbocycles.